The van der Waals surface area contributed by atoms with Gasteiger partial charge in [-0.25, -0.2) is 9.36 Å². The number of ether oxygens (including phenoxy) is 1. The van der Waals surface area contributed by atoms with Crippen molar-refractivity contribution in [2.45, 2.75) is 31.8 Å². The van der Waals surface area contributed by atoms with Crippen LogP contribution in [0.3, 0.4) is 0 Å². The van der Waals surface area contributed by atoms with Gasteiger partial charge in [-0.3, -0.25) is 23.4 Å². The van der Waals surface area contributed by atoms with E-state index in [2.05, 4.69) is 10.9 Å². The molecule has 3 atom stereocenters. The largest absolute Gasteiger partial charge is 0.530 e. The van der Waals surface area contributed by atoms with E-state index in [-0.39, 0.29) is 18.8 Å². The number of terminal acetylenes is 1. The molecule has 1 N–H and O–H groups in total. The fraction of sp³-hybridized carbons (Fsp3) is 0.333. The molecule has 0 amide bonds. The molecule has 10 heteroatoms. The number of phosphoric ester groups is 1. The Kier molecular flexibility index (Phi) is 4.96. The van der Waals surface area contributed by atoms with Crippen LogP contribution in [0.2, 0.25) is 0 Å². The van der Waals surface area contributed by atoms with Gasteiger partial charge in [0.25, 0.3) is 5.56 Å². The third-order valence-corrected chi connectivity index (χ3v) is 5.83. The number of aromatic nitrogens is 2. The van der Waals surface area contributed by atoms with Crippen molar-refractivity contribution in [1.82, 2.24) is 9.55 Å². The van der Waals surface area contributed by atoms with Crippen LogP contribution < -0.4 is 15.8 Å². The molecule has 0 bridgehead atoms. The van der Waals surface area contributed by atoms with E-state index in [0.29, 0.717) is 18.6 Å². The lowest BCUT2D eigenvalue weighted by Crippen LogP contribution is -2.33. The number of phosphoric acid groups is 1. The van der Waals surface area contributed by atoms with Crippen molar-refractivity contribution in [1.29, 1.82) is 0 Å². The second kappa shape index (κ2) is 7.41. The maximum Gasteiger partial charge on any atom is 0.530 e. The third-order valence-electron chi connectivity index (χ3n) is 4.50. The van der Waals surface area contributed by atoms with Gasteiger partial charge in [-0.2, -0.15) is 0 Å². The van der Waals surface area contributed by atoms with Gasteiger partial charge >= 0.3 is 13.5 Å². The van der Waals surface area contributed by atoms with Crippen molar-refractivity contribution in [2.24, 2.45) is 0 Å². The fourth-order valence-electron chi connectivity index (χ4n) is 3.06. The molecule has 0 radical (unpaired) electrons. The minimum Gasteiger partial charge on any atom is -0.404 e. The molecule has 1 aromatic heterocycles. The Balaban J connectivity index is 1.40. The molecule has 0 spiro atoms. The lowest BCUT2D eigenvalue weighted by molar-refractivity contribution is -0.0264. The van der Waals surface area contributed by atoms with Crippen LogP contribution >= 0.6 is 7.82 Å². The van der Waals surface area contributed by atoms with Crippen LogP contribution in [0.5, 0.6) is 5.75 Å². The highest BCUT2D eigenvalue weighted by Crippen LogP contribution is 2.54. The van der Waals surface area contributed by atoms with Crippen LogP contribution in [0.25, 0.3) is 0 Å². The number of rotatable bonds is 4. The maximum absolute atomic E-state index is 12.6. The second-order valence-corrected chi connectivity index (χ2v) is 7.95. The van der Waals surface area contributed by atoms with E-state index in [1.54, 1.807) is 12.1 Å². The third kappa shape index (κ3) is 3.68. The molecule has 1 aromatic carbocycles. The van der Waals surface area contributed by atoms with Crippen molar-refractivity contribution in [3.05, 3.63) is 62.4 Å². The zero-order valence-corrected chi connectivity index (χ0v) is 15.6. The standard InChI is InChI=1S/C18H17N2O7P/c1-2-12-9-20(18(22)19-17(12)21)16-8-7-14(26-16)11-25-28(23)24-10-13-5-3-4-6-15(13)27-28/h1,3-6,9,14,16H,7-8,10-11H2,(H,19,21,22). The van der Waals surface area contributed by atoms with Crippen LogP contribution in [0.4, 0.5) is 0 Å². The fourth-order valence-corrected chi connectivity index (χ4v) is 4.31. The first-order valence-electron chi connectivity index (χ1n) is 8.61. The van der Waals surface area contributed by atoms with Crippen molar-refractivity contribution >= 4 is 7.82 Å². The Morgan fingerprint density at radius 3 is 2.96 bits per heavy atom. The van der Waals surface area contributed by atoms with E-state index < -0.39 is 31.4 Å². The lowest BCUT2D eigenvalue weighted by Gasteiger charge is -2.25. The molecule has 28 heavy (non-hydrogen) atoms. The summed E-state index contributed by atoms with van der Waals surface area (Å²) < 4.78 is 35.7. The molecule has 0 saturated carbocycles. The van der Waals surface area contributed by atoms with Gasteiger partial charge < -0.3 is 9.26 Å². The maximum atomic E-state index is 12.6. The van der Waals surface area contributed by atoms with Crippen LogP contribution in [-0.4, -0.2) is 22.3 Å². The Labute approximate surface area is 159 Å². The van der Waals surface area contributed by atoms with Crippen molar-refractivity contribution < 1.29 is 22.9 Å². The molecule has 2 aliphatic rings. The highest BCUT2D eigenvalue weighted by Gasteiger charge is 2.36. The predicted octanol–water partition coefficient (Wildman–Crippen LogP) is 1.93. The lowest BCUT2D eigenvalue weighted by atomic mass is 10.2. The summed E-state index contributed by atoms with van der Waals surface area (Å²) in [6, 6.07) is 7.11. The first kappa shape index (κ1) is 18.7. The summed E-state index contributed by atoms with van der Waals surface area (Å²) in [5.41, 5.74) is -0.406. The van der Waals surface area contributed by atoms with Gasteiger partial charge in [-0.05, 0) is 18.9 Å². The van der Waals surface area contributed by atoms with Gasteiger partial charge in [0.1, 0.15) is 17.5 Å². The van der Waals surface area contributed by atoms with Crippen molar-refractivity contribution in [3.63, 3.8) is 0 Å². The van der Waals surface area contributed by atoms with Crippen LogP contribution in [0, 0.1) is 12.3 Å². The van der Waals surface area contributed by atoms with E-state index >= 15 is 0 Å². The Bertz CT molecular complexity index is 1100. The number of hydrogen-bond acceptors (Lipinski definition) is 7. The van der Waals surface area contributed by atoms with E-state index in [4.69, 9.17) is 24.7 Å². The zero-order valence-electron chi connectivity index (χ0n) is 14.7. The van der Waals surface area contributed by atoms with E-state index in [1.165, 1.54) is 10.8 Å². The quantitative estimate of drug-likeness (QED) is 0.613. The van der Waals surface area contributed by atoms with Crippen molar-refractivity contribution in [2.75, 3.05) is 6.61 Å². The molecule has 4 rings (SSSR count). The van der Waals surface area contributed by atoms with Crippen LogP contribution in [0.15, 0.2) is 40.1 Å². The smallest absolute Gasteiger partial charge is 0.404 e. The van der Waals surface area contributed by atoms with Gasteiger partial charge in [-0.15, -0.1) is 6.42 Å². The summed E-state index contributed by atoms with van der Waals surface area (Å²) in [6.07, 6.45) is 6.58. The SMILES string of the molecule is C#Cc1cn(C2CCC(COP3(=O)OCc4ccccc4O3)O2)c(=O)[nH]c1=O. The van der Waals surface area contributed by atoms with Gasteiger partial charge in [0, 0.05) is 11.8 Å². The Hall–Kier alpha value is -2.63. The molecule has 1 fully saturated rings. The number of hydrogen-bond donors (Lipinski definition) is 1. The molecule has 0 aliphatic carbocycles. The molecule has 3 heterocycles. The number of nitrogens with one attached hydrogen (secondary N) is 1. The number of para-hydroxylation sites is 1. The predicted molar refractivity (Wildman–Crippen MR) is 97.8 cm³/mol. The average molecular weight is 404 g/mol. The molecular formula is C18H17N2O7P. The topological polar surface area (TPSA) is 109 Å². The number of nitrogens with zero attached hydrogens (tertiary/aromatic N) is 1. The van der Waals surface area contributed by atoms with E-state index in [0.717, 1.165) is 5.56 Å². The molecule has 146 valence electrons. The second-order valence-electron chi connectivity index (χ2n) is 6.36. The monoisotopic (exact) mass is 404 g/mol. The first-order chi connectivity index (χ1) is 13.5. The molecule has 2 aromatic rings. The Morgan fingerprint density at radius 2 is 2.14 bits per heavy atom. The number of aromatic amines is 1. The van der Waals surface area contributed by atoms with Crippen molar-refractivity contribution in [3.8, 4) is 18.1 Å². The van der Waals surface area contributed by atoms with E-state index in [1.807, 2.05) is 12.1 Å². The molecule has 1 saturated heterocycles. The van der Waals surface area contributed by atoms with E-state index in [9.17, 15) is 14.2 Å². The molecular weight excluding hydrogens is 387 g/mol. The average Bonchev–Trinajstić information content (AvgIpc) is 3.15. The van der Waals surface area contributed by atoms with Crippen LogP contribution in [-0.2, 0) is 25.0 Å². The van der Waals surface area contributed by atoms with Gasteiger partial charge in [0.05, 0.1) is 19.3 Å². The summed E-state index contributed by atoms with van der Waals surface area (Å²) in [7, 11) is -3.74. The van der Waals surface area contributed by atoms with Crippen LogP contribution in [0.1, 0.15) is 30.2 Å². The Morgan fingerprint density at radius 1 is 1.32 bits per heavy atom. The normalized spacial score (nSPS) is 26.2. The molecule has 9 nitrogen and oxygen atoms in total. The van der Waals surface area contributed by atoms with Gasteiger partial charge in [-0.1, -0.05) is 24.1 Å². The molecule has 2 aliphatic heterocycles. The number of fused-ring (bicyclic) bond motifs is 1. The minimum absolute atomic E-state index is 0.0317. The highest BCUT2D eigenvalue weighted by molar-refractivity contribution is 7.49. The van der Waals surface area contributed by atoms with Gasteiger partial charge in [0.15, 0.2) is 0 Å². The summed E-state index contributed by atoms with van der Waals surface area (Å²) in [6.45, 7) is 0.0965. The number of benzene rings is 1. The summed E-state index contributed by atoms with van der Waals surface area (Å²) in [4.78, 5) is 25.8. The summed E-state index contributed by atoms with van der Waals surface area (Å²) >= 11 is 0. The zero-order chi connectivity index (χ0) is 19.7. The van der Waals surface area contributed by atoms with Gasteiger partial charge in [0.2, 0.25) is 0 Å². The summed E-state index contributed by atoms with van der Waals surface area (Å²) in [5, 5.41) is 0. The highest BCUT2D eigenvalue weighted by atomic mass is 31.2. The molecule has 3 unspecified atom stereocenters. The minimum atomic E-state index is -3.74. The first-order valence-corrected chi connectivity index (χ1v) is 10.1. The number of H-pyrrole nitrogens is 1. The summed E-state index contributed by atoms with van der Waals surface area (Å²) in [5.74, 6) is 2.69.